The molecule has 0 spiro atoms. The summed E-state index contributed by atoms with van der Waals surface area (Å²) in [7, 11) is 0. The van der Waals surface area contributed by atoms with Crippen LogP contribution in [0.4, 0.5) is 10.6 Å². The summed E-state index contributed by atoms with van der Waals surface area (Å²) in [5, 5.41) is 7.93. The number of likely N-dealkylation sites (tertiary alicyclic amines) is 1. The van der Waals surface area contributed by atoms with Crippen LogP contribution in [-0.2, 0) is 4.79 Å². The van der Waals surface area contributed by atoms with E-state index < -0.39 is 0 Å². The van der Waals surface area contributed by atoms with Crippen LogP contribution in [0.3, 0.4) is 0 Å². The molecule has 2 saturated heterocycles. The molecule has 0 atom stereocenters. The number of piperazine rings is 1. The number of nitrogens with zero attached hydrogens (tertiary/aromatic N) is 5. The third kappa shape index (κ3) is 2.92. The van der Waals surface area contributed by atoms with Crippen molar-refractivity contribution in [2.75, 3.05) is 37.6 Å². The van der Waals surface area contributed by atoms with E-state index in [1.54, 1.807) is 17.0 Å². The Morgan fingerprint density at radius 3 is 2.43 bits per heavy atom. The molecule has 3 heterocycles. The van der Waals surface area contributed by atoms with Crippen molar-refractivity contribution in [1.82, 2.24) is 20.0 Å². The predicted molar refractivity (Wildman–Crippen MR) is 77.2 cm³/mol. The molecule has 0 saturated carbocycles. The van der Waals surface area contributed by atoms with Gasteiger partial charge in [-0.1, -0.05) is 11.6 Å². The Balaban J connectivity index is 1.65. The van der Waals surface area contributed by atoms with E-state index in [-0.39, 0.29) is 23.6 Å². The van der Waals surface area contributed by atoms with Gasteiger partial charge in [-0.15, -0.1) is 10.2 Å². The van der Waals surface area contributed by atoms with Crippen LogP contribution in [0.1, 0.15) is 12.8 Å². The van der Waals surface area contributed by atoms with Gasteiger partial charge in [0.25, 0.3) is 0 Å². The van der Waals surface area contributed by atoms with Crippen molar-refractivity contribution in [1.29, 1.82) is 0 Å². The van der Waals surface area contributed by atoms with Crippen LogP contribution in [0, 0.1) is 0 Å². The lowest BCUT2D eigenvalue weighted by Crippen LogP contribution is -2.55. The summed E-state index contributed by atoms with van der Waals surface area (Å²) < 4.78 is 0. The minimum atomic E-state index is -0.148. The van der Waals surface area contributed by atoms with Crippen LogP contribution in [0.5, 0.6) is 0 Å². The van der Waals surface area contributed by atoms with Crippen molar-refractivity contribution in [3.63, 3.8) is 0 Å². The maximum absolute atomic E-state index is 12.3. The molecule has 1 aromatic rings. The summed E-state index contributed by atoms with van der Waals surface area (Å²) >= 11 is 5.69. The van der Waals surface area contributed by atoms with E-state index in [0.29, 0.717) is 18.9 Å². The number of aromatic nitrogens is 2. The van der Waals surface area contributed by atoms with Gasteiger partial charge in [0, 0.05) is 26.2 Å². The Morgan fingerprint density at radius 2 is 1.81 bits per heavy atom. The third-order valence-electron chi connectivity index (χ3n) is 3.76. The molecule has 112 valence electrons. The van der Waals surface area contributed by atoms with Crippen molar-refractivity contribution >= 4 is 29.4 Å². The predicted octanol–water partition coefficient (Wildman–Crippen LogP) is 0.994. The van der Waals surface area contributed by atoms with E-state index in [9.17, 15) is 9.59 Å². The zero-order chi connectivity index (χ0) is 14.8. The van der Waals surface area contributed by atoms with Crippen LogP contribution < -0.4 is 4.90 Å². The van der Waals surface area contributed by atoms with Crippen molar-refractivity contribution < 1.29 is 9.59 Å². The Hall–Kier alpha value is -1.89. The molecule has 0 bridgehead atoms. The van der Waals surface area contributed by atoms with E-state index in [2.05, 4.69) is 10.2 Å². The number of halogens is 1. The maximum atomic E-state index is 12.3. The summed E-state index contributed by atoms with van der Waals surface area (Å²) in [5.41, 5.74) is 0. The van der Waals surface area contributed by atoms with Crippen LogP contribution in [0.2, 0.25) is 5.15 Å². The Morgan fingerprint density at radius 1 is 1.05 bits per heavy atom. The second-order valence-electron chi connectivity index (χ2n) is 5.16. The molecule has 0 aromatic carbocycles. The van der Waals surface area contributed by atoms with Gasteiger partial charge < -0.3 is 9.80 Å². The molecule has 3 rings (SSSR count). The first-order valence-electron chi connectivity index (χ1n) is 6.98. The number of carbonyl (C=O) groups is 2. The highest BCUT2D eigenvalue weighted by Gasteiger charge is 2.31. The van der Waals surface area contributed by atoms with Gasteiger partial charge in [0.05, 0.1) is 0 Å². The number of anilines is 1. The number of hydrogen-bond donors (Lipinski definition) is 0. The first-order valence-corrected chi connectivity index (χ1v) is 7.36. The van der Waals surface area contributed by atoms with Gasteiger partial charge in [0.2, 0.25) is 5.91 Å². The molecule has 0 unspecified atom stereocenters. The Kier molecular flexibility index (Phi) is 3.92. The summed E-state index contributed by atoms with van der Waals surface area (Å²) in [6.07, 6.45) is 2.08. The average molecular weight is 310 g/mol. The highest BCUT2D eigenvalue weighted by Crippen LogP contribution is 2.17. The molecular formula is C13H16ClN5O2. The molecule has 2 fully saturated rings. The van der Waals surface area contributed by atoms with Gasteiger partial charge in [-0.25, -0.2) is 4.79 Å². The van der Waals surface area contributed by atoms with E-state index in [4.69, 9.17) is 11.6 Å². The van der Waals surface area contributed by atoms with E-state index in [1.165, 1.54) is 4.90 Å². The van der Waals surface area contributed by atoms with Crippen LogP contribution in [0.15, 0.2) is 12.1 Å². The topological polar surface area (TPSA) is 69.6 Å². The average Bonchev–Trinajstić information content (AvgIpc) is 3.02. The molecule has 7 nitrogen and oxygen atoms in total. The summed E-state index contributed by atoms with van der Waals surface area (Å²) in [6, 6.07) is 3.21. The number of rotatable bonds is 1. The normalized spacial score (nSPS) is 19.3. The third-order valence-corrected chi connectivity index (χ3v) is 3.96. The van der Waals surface area contributed by atoms with Gasteiger partial charge in [0.15, 0.2) is 11.0 Å². The van der Waals surface area contributed by atoms with Crippen molar-refractivity contribution in [2.45, 2.75) is 12.8 Å². The molecule has 1 aromatic heterocycles. The van der Waals surface area contributed by atoms with Crippen molar-refractivity contribution in [3.8, 4) is 0 Å². The molecule has 21 heavy (non-hydrogen) atoms. The highest BCUT2D eigenvalue weighted by molar-refractivity contribution is 6.29. The van der Waals surface area contributed by atoms with Crippen LogP contribution in [-0.4, -0.2) is 64.7 Å². The maximum Gasteiger partial charge on any atom is 0.320 e. The minimum Gasteiger partial charge on any atom is -0.325 e. The number of carbonyl (C=O) groups excluding carboxylic acids is 2. The standard InChI is InChI=1S/C13H16ClN5O2/c14-10-3-4-11(16-15-10)19-8-7-18(9-12(19)20)13(21)17-5-1-2-6-17/h3-4H,1-2,5-9H2. The molecule has 0 radical (unpaired) electrons. The van der Waals surface area contributed by atoms with Gasteiger partial charge >= 0.3 is 6.03 Å². The quantitative estimate of drug-likeness (QED) is 0.776. The molecule has 2 aliphatic heterocycles. The molecule has 0 aliphatic carbocycles. The van der Waals surface area contributed by atoms with Gasteiger partial charge in [-0.3, -0.25) is 9.69 Å². The van der Waals surface area contributed by atoms with Crippen LogP contribution in [0.25, 0.3) is 0 Å². The monoisotopic (exact) mass is 309 g/mol. The zero-order valence-electron chi connectivity index (χ0n) is 11.5. The molecule has 8 heteroatoms. The van der Waals surface area contributed by atoms with E-state index in [0.717, 1.165) is 25.9 Å². The van der Waals surface area contributed by atoms with Crippen LogP contribution >= 0.6 is 11.6 Å². The fourth-order valence-corrected chi connectivity index (χ4v) is 2.74. The first kappa shape index (κ1) is 14.1. The molecule has 3 amide bonds. The first-order chi connectivity index (χ1) is 10.1. The SMILES string of the molecule is O=C(N1CCCC1)N1CCN(c2ccc(Cl)nn2)C(=O)C1. The van der Waals surface area contributed by atoms with E-state index in [1.807, 2.05) is 4.90 Å². The Labute approximate surface area is 127 Å². The lowest BCUT2D eigenvalue weighted by molar-refractivity contribution is -0.120. The number of amides is 3. The zero-order valence-corrected chi connectivity index (χ0v) is 12.3. The van der Waals surface area contributed by atoms with Crippen molar-refractivity contribution in [3.05, 3.63) is 17.3 Å². The summed E-state index contributed by atoms with van der Waals surface area (Å²) in [5.74, 6) is 0.322. The minimum absolute atomic E-state index is 0.0392. The second-order valence-corrected chi connectivity index (χ2v) is 5.55. The van der Waals surface area contributed by atoms with E-state index >= 15 is 0 Å². The van der Waals surface area contributed by atoms with Gasteiger partial charge in [-0.2, -0.15) is 0 Å². The molecule has 2 aliphatic rings. The fraction of sp³-hybridized carbons (Fsp3) is 0.538. The lowest BCUT2D eigenvalue weighted by atomic mass is 10.3. The smallest absolute Gasteiger partial charge is 0.320 e. The van der Waals surface area contributed by atoms with Gasteiger partial charge in [0.1, 0.15) is 6.54 Å². The molecular weight excluding hydrogens is 294 g/mol. The number of hydrogen-bond acceptors (Lipinski definition) is 4. The largest absolute Gasteiger partial charge is 0.325 e. The van der Waals surface area contributed by atoms with Crippen molar-refractivity contribution in [2.24, 2.45) is 0 Å². The summed E-state index contributed by atoms with van der Waals surface area (Å²) in [4.78, 5) is 29.4. The number of urea groups is 1. The second kappa shape index (κ2) is 5.85. The highest BCUT2D eigenvalue weighted by atomic mass is 35.5. The Bertz CT molecular complexity index is 544. The molecule has 0 N–H and O–H groups in total. The fourth-order valence-electron chi connectivity index (χ4n) is 2.64. The lowest BCUT2D eigenvalue weighted by Gasteiger charge is -2.35. The summed E-state index contributed by atoms with van der Waals surface area (Å²) in [6.45, 7) is 2.59. The van der Waals surface area contributed by atoms with Gasteiger partial charge in [-0.05, 0) is 25.0 Å².